The Bertz CT molecular complexity index is 454. The van der Waals surface area contributed by atoms with Gasteiger partial charge >= 0.3 is 0 Å². The van der Waals surface area contributed by atoms with E-state index >= 15 is 0 Å². The summed E-state index contributed by atoms with van der Waals surface area (Å²) in [5, 5.41) is 9.24. The van der Waals surface area contributed by atoms with Crippen LogP contribution in [0.25, 0.3) is 0 Å². The lowest BCUT2D eigenvalue weighted by Gasteiger charge is -2.08. The van der Waals surface area contributed by atoms with Crippen LogP contribution >= 0.6 is 0 Å². The lowest BCUT2D eigenvalue weighted by Crippen LogP contribution is -2.08. The first kappa shape index (κ1) is 10.7. The van der Waals surface area contributed by atoms with Gasteiger partial charge in [-0.1, -0.05) is 30.3 Å². The summed E-state index contributed by atoms with van der Waals surface area (Å²) in [6.45, 7) is 0. The van der Waals surface area contributed by atoms with E-state index in [1.165, 1.54) is 0 Å². The second-order valence-electron chi connectivity index (χ2n) is 3.43. The molecule has 0 bridgehead atoms. The average Bonchev–Trinajstić information content (AvgIpc) is 2.30. The molecule has 0 saturated carbocycles. The molecule has 0 aliphatic rings. The SMILES string of the molecule is NC(O)c1cccc(Oc2ccccc2)c1. The first-order valence-corrected chi connectivity index (χ1v) is 5.02. The minimum Gasteiger partial charge on any atom is -0.457 e. The number of aliphatic hydroxyl groups is 1. The molecular formula is C13H13NO2. The van der Waals surface area contributed by atoms with Crippen molar-refractivity contribution < 1.29 is 9.84 Å². The van der Waals surface area contributed by atoms with Crippen molar-refractivity contribution >= 4 is 0 Å². The van der Waals surface area contributed by atoms with E-state index in [4.69, 9.17) is 10.5 Å². The fourth-order valence-electron chi connectivity index (χ4n) is 1.39. The molecule has 0 fully saturated rings. The molecule has 2 aromatic rings. The summed E-state index contributed by atoms with van der Waals surface area (Å²) in [6, 6.07) is 16.5. The highest BCUT2D eigenvalue weighted by Crippen LogP contribution is 2.22. The molecule has 3 nitrogen and oxygen atoms in total. The Kier molecular flexibility index (Phi) is 3.19. The molecule has 1 unspecified atom stereocenters. The fourth-order valence-corrected chi connectivity index (χ4v) is 1.39. The number of hydrogen-bond acceptors (Lipinski definition) is 3. The van der Waals surface area contributed by atoms with E-state index in [-0.39, 0.29) is 0 Å². The third-order valence-electron chi connectivity index (χ3n) is 2.18. The molecule has 1 atom stereocenters. The highest BCUT2D eigenvalue weighted by atomic mass is 16.5. The van der Waals surface area contributed by atoms with Crippen molar-refractivity contribution in [1.82, 2.24) is 0 Å². The number of benzene rings is 2. The third kappa shape index (κ3) is 2.59. The highest BCUT2D eigenvalue weighted by molar-refractivity contribution is 5.34. The number of ether oxygens (including phenoxy) is 1. The van der Waals surface area contributed by atoms with Gasteiger partial charge in [0.2, 0.25) is 0 Å². The molecule has 0 spiro atoms. The molecule has 0 heterocycles. The van der Waals surface area contributed by atoms with Crippen LogP contribution in [0.2, 0.25) is 0 Å². The van der Waals surface area contributed by atoms with Crippen LogP contribution in [0.15, 0.2) is 54.6 Å². The Morgan fingerprint density at radius 1 is 0.938 bits per heavy atom. The molecule has 0 amide bonds. The predicted octanol–water partition coefficient (Wildman–Crippen LogP) is 2.43. The molecule has 3 heteroatoms. The number of hydrogen-bond donors (Lipinski definition) is 2. The highest BCUT2D eigenvalue weighted by Gasteiger charge is 2.02. The Morgan fingerprint density at radius 3 is 2.31 bits per heavy atom. The van der Waals surface area contributed by atoms with Crippen molar-refractivity contribution in [3.05, 3.63) is 60.2 Å². The molecule has 0 aliphatic heterocycles. The molecule has 0 radical (unpaired) electrons. The van der Waals surface area contributed by atoms with E-state index in [0.29, 0.717) is 11.3 Å². The van der Waals surface area contributed by atoms with Gasteiger partial charge in [-0.05, 0) is 29.8 Å². The van der Waals surface area contributed by atoms with Gasteiger partial charge in [0.25, 0.3) is 0 Å². The van der Waals surface area contributed by atoms with E-state index in [1.807, 2.05) is 36.4 Å². The van der Waals surface area contributed by atoms with Crippen molar-refractivity contribution in [2.75, 3.05) is 0 Å². The lowest BCUT2D eigenvalue weighted by atomic mass is 10.2. The maximum Gasteiger partial charge on any atom is 0.128 e. The maximum atomic E-state index is 9.24. The summed E-state index contributed by atoms with van der Waals surface area (Å²) in [7, 11) is 0. The zero-order valence-electron chi connectivity index (χ0n) is 8.71. The Balaban J connectivity index is 2.19. The van der Waals surface area contributed by atoms with E-state index in [2.05, 4.69) is 0 Å². The fraction of sp³-hybridized carbons (Fsp3) is 0.0769. The summed E-state index contributed by atoms with van der Waals surface area (Å²) in [4.78, 5) is 0. The number of rotatable bonds is 3. The van der Waals surface area contributed by atoms with Gasteiger partial charge in [0.15, 0.2) is 0 Å². The summed E-state index contributed by atoms with van der Waals surface area (Å²) in [5.41, 5.74) is 6.01. The number of para-hydroxylation sites is 1. The first-order chi connectivity index (χ1) is 7.75. The third-order valence-corrected chi connectivity index (χ3v) is 2.18. The normalized spacial score (nSPS) is 12.1. The number of nitrogens with two attached hydrogens (primary N) is 1. The summed E-state index contributed by atoms with van der Waals surface area (Å²) in [6.07, 6.45) is -0.973. The van der Waals surface area contributed by atoms with Crippen LogP contribution in [-0.2, 0) is 0 Å². The van der Waals surface area contributed by atoms with E-state index in [9.17, 15) is 5.11 Å². The van der Waals surface area contributed by atoms with Gasteiger partial charge in [-0.2, -0.15) is 0 Å². The Morgan fingerprint density at radius 2 is 1.62 bits per heavy atom. The van der Waals surface area contributed by atoms with Crippen LogP contribution < -0.4 is 10.5 Å². The van der Waals surface area contributed by atoms with Gasteiger partial charge in [0, 0.05) is 0 Å². The average molecular weight is 215 g/mol. The largest absolute Gasteiger partial charge is 0.457 e. The second-order valence-corrected chi connectivity index (χ2v) is 3.43. The predicted molar refractivity (Wildman–Crippen MR) is 62.1 cm³/mol. The molecule has 0 aliphatic carbocycles. The monoisotopic (exact) mass is 215 g/mol. The number of aliphatic hydroxyl groups excluding tert-OH is 1. The molecular weight excluding hydrogens is 202 g/mol. The van der Waals surface area contributed by atoms with Crippen molar-refractivity contribution in [1.29, 1.82) is 0 Å². The molecule has 0 aromatic heterocycles. The molecule has 16 heavy (non-hydrogen) atoms. The zero-order valence-corrected chi connectivity index (χ0v) is 8.71. The van der Waals surface area contributed by atoms with Crippen molar-refractivity contribution in [3.63, 3.8) is 0 Å². The Labute approximate surface area is 94.1 Å². The quantitative estimate of drug-likeness (QED) is 0.773. The van der Waals surface area contributed by atoms with Crippen molar-refractivity contribution in [2.24, 2.45) is 5.73 Å². The van der Waals surface area contributed by atoms with Gasteiger partial charge in [0.05, 0.1) is 0 Å². The zero-order chi connectivity index (χ0) is 11.4. The summed E-state index contributed by atoms with van der Waals surface area (Å²) in [5.74, 6) is 1.42. The van der Waals surface area contributed by atoms with E-state index in [1.54, 1.807) is 18.2 Å². The lowest BCUT2D eigenvalue weighted by molar-refractivity contribution is 0.186. The topological polar surface area (TPSA) is 55.5 Å². The van der Waals surface area contributed by atoms with Gasteiger partial charge in [-0.15, -0.1) is 0 Å². The molecule has 3 N–H and O–H groups in total. The van der Waals surface area contributed by atoms with Crippen molar-refractivity contribution in [3.8, 4) is 11.5 Å². The van der Waals surface area contributed by atoms with Gasteiger partial charge in [0.1, 0.15) is 17.7 Å². The van der Waals surface area contributed by atoms with E-state index in [0.717, 1.165) is 5.75 Å². The summed E-state index contributed by atoms with van der Waals surface area (Å²) >= 11 is 0. The molecule has 2 rings (SSSR count). The maximum absolute atomic E-state index is 9.24. The smallest absolute Gasteiger partial charge is 0.128 e. The van der Waals surface area contributed by atoms with Crippen LogP contribution in [0, 0.1) is 0 Å². The first-order valence-electron chi connectivity index (χ1n) is 5.02. The van der Waals surface area contributed by atoms with Crippen molar-refractivity contribution in [2.45, 2.75) is 6.23 Å². The van der Waals surface area contributed by atoms with Crippen LogP contribution in [0.5, 0.6) is 11.5 Å². The molecule has 2 aromatic carbocycles. The standard InChI is InChI=1S/C13H13NO2/c14-13(15)10-5-4-8-12(9-10)16-11-6-2-1-3-7-11/h1-9,13,15H,14H2. The van der Waals surface area contributed by atoms with Gasteiger partial charge < -0.3 is 15.6 Å². The minimum absolute atomic E-state index is 0.633. The molecule has 0 saturated heterocycles. The summed E-state index contributed by atoms with van der Waals surface area (Å²) < 4.78 is 5.60. The van der Waals surface area contributed by atoms with Crippen LogP contribution in [-0.4, -0.2) is 5.11 Å². The molecule has 82 valence electrons. The van der Waals surface area contributed by atoms with Crippen LogP contribution in [0.3, 0.4) is 0 Å². The van der Waals surface area contributed by atoms with Gasteiger partial charge in [-0.3, -0.25) is 0 Å². The minimum atomic E-state index is -0.973. The van der Waals surface area contributed by atoms with Crippen LogP contribution in [0.1, 0.15) is 11.8 Å². The van der Waals surface area contributed by atoms with E-state index < -0.39 is 6.23 Å². The second kappa shape index (κ2) is 4.79. The van der Waals surface area contributed by atoms with Crippen LogP contribution in [0.4, 0.5) is 0 Å². The Hall–Kier alpha value is -1.84. The van der Waals surface area contributed by atoms with Gasteiger partial charge in [-0.25, -0.2) is 0 Å².